The van der Waals surface area contributed by atoms with E-state index in [-0.39, 0.29) is 17.9 Å². The van der Waals surface area contributed by atoms with Crippen molar-refractivity contribution in [2.75, 3.05) is 13.2 Å². The number of pyridine rings is 1. The normalized spacial score (nSPS) is 16.8. The maximum atomic E-state index is 13.3. The number of carbonyl (C=O) groups excluding carboxylic acids is 2. The number of ketones is 1. The lowest BCUT2D eigenvalue weighted by molar-refractivity contribution is -0.140. The van der Waals surface area contributed by atoms with Crippen molar-refractivity contribution in [2.45, 2.75) is 39.3 Å². The summed E-state index contributed by atoms with van der Waals surface area (Å²) in [5.74, 6) is -0.323. The van der Waals surface area contributed by atoms with Gasteiger partial charge in [0.2, 0.25) is 0 Å². The third-order valence-corrected chi connectivity index (χ3v) is 5.86. The highest BCUT2D eigenvalue weighted by atomic mass is 16.5. The molecule has 7 heteroatoms. The van der Waals surface area contributed by atoms with Gasteiger partial charge in [0.15, 0.2) is 0 Å². The molecular formula is C29H30N2O5. The van der Waals surface area contributed by atoms with Gasteiger partial charge in [-0.15, -0.1) is 0 Å². The second-order valence-corrected chi connectivity index (χ2v) is 8.58. The van der Waals surface area contributed by atoms with Gasteiger partial charge in [0, 0.05) is 24.5 Å². The smallest absolute Gasteiger partial charge is 0.295 e. The number of aromatic nitrogens is 1. The number of rotatable bonds is 10. The molecule has 7 nitrogen and oxygen atoms in total. The van der Waals surface area contributed by atoms with Crippen LogP contribution in [0.25, 0.3) is 5.76 Å². The zero-order valence-electron chi connectivity index (χ0n) is 20.5. The number of amides is 1. The predicted octanol–water partition coefficient (Wildman–Crippen LogP) is 5.28. The number of hydrogen-bond acceptors (Lipinski definition) is 6. The van der Waals surface area contributed by atoms with E-state index < -0.39 is 17.7 Å². The molecule has 36 heavy (non-hydrogen) atoms. The Morgan fingerprint density at radius 3 is 2.33 bits per heavy atom. The van der Waals surface area contributed by atoms with Gasteiger partial charge in [0.25, 0.3) is 11.7 Å². The van der Waals surface area contributed by atoms with E-state index in [0.29, 0.717) is 35.8 Å². The Labute approximate surface area is 211 Å². The summed E-state index contributed by atoms with van der Waals surface area (Å²) in [6, 6.07) is 17.0. The first-order chi connectivity index (χ1) is 17.5. The lowest BCUT2D eigenvalue weighted by Gasteiger charge is -2.25. The molecule has 1 fully saturated rings. The van der Waals surface area contributed by atoms with E-state index in [4.69, 9.17) is 9.47 Å². The Morgan fingerprint density at radius 2 is 1.67 bits per heavy atom. The fourth-order valence-electron chi connectivity index (χ4n) is 4.16. The summed E-state index contributed by atoms with van der Waals surface area (Å²) < 4.78 is 11.4. The second-order valence-electron chi connectivity index (χ2n) is 8.58. The Bertz CT molecular complexity index is 1240. The minimum absolute atomic E-state index is 0.0405. The Morgan fingerprint density at radius 1 is 0.944 bits per heavy atom. The van der Waals surface area contributed by atoms with Crippen LogP contribution in [0, 0.1) is 0 Å². The predicted molar refractivity (Wildman–Crippen MR) is 137 cm³/mol. The molecule has 1 N–H and O–H groups in total. The van der Waals surface area contributed by atoms with Crippen LogP contribution in [0.1, 0.15) is 49.4 Å². The SMILES string of the molecule is CCCOc1ccc(C(O)=C2C(=O)C(=O)N(Cc3cccnc3)C2c2cccc(OCCC)c2)cc1. The highest BCUT2D eigenvalue weighted by Crippen LogP contribution is 2.41. The fraction of sp³-hybridized carbons (Fsp3) is 0.276. The molecule has 0 bridgehead atoms. The van der Waals surface area contributed by atoms with Crippen LogP contribution in [-0.2, 0) is 16.1 Å². The molecule has 0 spiro atoms. The second kappa shape index (κ2) is 11.5. The average Bonchev–Trinajstić information content (AvgIpc) is 3.16. The zero-order chi connectivity index (χ0) is 25.5. The van der Waals surface area contributed by atoms with Crippen LogP contribution < -0.4 is 9.47 Å². The lowest BCUT2D eigenvalue weighted by Crippen LogP contribution is -2.29. The highest BCUT2D eigenvalue weighted by molar-refractivity contribution is 6.46. The topological polar surface area (TPSA) is 89.0 Å². The first kappa shape index (κ1) is 25.0. The van der Waals surface area contributed by atoms with Crippen molar-refractivity contribution < 1.29 is 24.2 Å². The first-order valence-corrected chi connectivity index (χ1v) is 12.2. The number of carbonyl (C=O) groups is 2. The van der Waals surface area contributed by atoms with Crippen molar-refractivity contribution in [1.29, 1.82) is 0 Å². The summed E-state index contributed by atoms with van der Waals surface area (Å²) in [6.45, 7) is 5.34. The molecule has 0 aliphatic carbocycles. The highest BCUT2D eigenvalue weighted by Gasteiger charge is 2.46. The number of Topliss-reactive ketones (excluding diaryl/α,β-unsaturated/α-hetero) is 1. The minimum atomic E-state index is -0.786. The number of ether oxygens (including phenoxy) is 2. The number of aliphatic hydroxyl groups excluding tert-OH is 1. The van der Waals surface area contributed by atoms with Crippen molar-refractivity contribution in [3.8, 4) is 11.5 Å². The van der Waals surface area contributed by atoms with E-state index in [1.54, 1.807) is 42.7 Å². The van der Waals surface area contributed by atoms with Gasteiger partial charge < -0.3 is 19.5 Å². The molecule has 0 radical (unpaired) electrons. The van der Waals surface area contributed by atoms with Crippen LogP contribution in [0.15, 0.2) is 78.6 Å². The summed E-state index contributed by atoms with van der Waals surface area (Å²) in [6.07, 6.45) is 5.04. The van der Waals surface area contributed by atoms with E-state index in [9.17, 15) is 14.7 Å². The van der Waals surface area contributed by atoms with Crippen LogP contribution in [-0.4, -0.2) is 39.9 Å². The summed E-state index contributed by atoms with van der Waals surface area (Å²) in [7, 11) is 0. The molecule has 4 rings (SSSR count). The number of benzene rings is 2. The molecule has 186 valence electrons. The Balaban J connectivity index is 1.78. The van der Waals surface area contributed by atoms with Crippen molar-refractivity contribution >= 4 is 17.4 Å². The average molecular weight is 487 g/mol. The Hall–Kier alpha value is -4.13. The number of aliphatic hydroxyl groups is 1. The van der Waals surface area contributed by atoms with Crippen LogP contribution in [0.4, 0.5) is 0 Å². The fourth-order valence-corrected chi connectivity index (χ4v) is 4.16. The first-order valence-electron chi connectivity index (χ1n) is 12.2. The molecule has 1 aromatic heterocycles. The van der Waals surface area contributed by atoms with E-state index in [1.165, 1.54) is 4.90 Å². The molecule has 2 heterocycles. The van der Waals surface area contributed by atoms with Gasteiger partial charge in [-0.1, -0.05) is 32.0 Å². The molecule has 1 saturated heterocycles. The lowest BCUT2D eigenvalue weighted by atomic mass is 9.95. The third kappa shape index (κ3) is 5.40. The van der Waals surface area contributed by atoms with Gasteiger partial charge in [-0.25, -0.2) is 0 Å². The maximum Gasteiger partial charge on any atom is 0.295 e. The van der Waals surface area contributed by atoms with Crippen LogP contribution in [0.3, 0.4) is 0 Å². The van der Waals surface area contributed by atoms with Crippen LogP contribution in [0.5, 0.6) is 11.5 Å². The molecule has 1 amide bonds. The molecule has 1 aliphatic rings. The molecule has 1 aliphatic heterocycles. The molecule has 3 aromatic rings. The quantitative estimate of drug-likeness (QED) is 0.238. The standard InChI is InChI=1S/C29H30N2O5/c1-3-15-35-23-12-10-21(11-13-23)27(32)25-26(22-8-5-9-24(17-22)36-16-4-2)31(29(34)28(25)33)19-20-7-6-14-30-18-20/h5-14,17-18,26,32H,3-4,15-16,19H2,1-2H3. The van der Waals surface area contributed by atoms with Gasteiger partial charge in [-0.2, -0.15) is 0 Å². The number of nitrogens with zero attached hydrogens (tertiary/aromatic N) is 2. The van der Waals surface area contributed by atoms with E-state index in [0.717, 1.165) is 18.4 Å². The van der Waals surface area contributed by atoms with E-state index >= 15 is 0 Å². The van der Waals surface area contributed by atoms with Crippen molar-refractivity contribution in [3.63, 3.8) is 0 Å². The largest absolute Gasteiger partial charge is 0.507 e. The third-order valence-electron chi connectivity index (χ3n) is 5.86. The number of hydrogen-bond donors (Lipinski definition) is 1. The Kier molecular flexibility index (Phi) is 8.00. The van der Waals surface area contributed by atoms with Crippen LogP contribution >= 0.6 is 0 Å². The van der Waals surface area contributed by atoms with Gasteiger partial charge in [-0.3, -0.25) is 14.6 Å². The zero-order valence-corrected chi connectivity index (χ0v) is 20.5. The van der Waals surface area contributed by atoms with E-state index in [2.05, 4.69) is 4.98 Å². The van der Waals surface area contributed by atoms with Crippen molar-refractivity contribution in [1.82, 2.24) is 9.88 Å². The summed E-state index contributed by atoms with van der Waals surface area (Å²) in [5.41, 5.74) is 1.93. The summed E-state index contributed by atoms with van der Waals surface area (Å²) in [4.78, 5) is 32.1. The molecular weight excluding hydrogens is 456 g/mol. The maximum absolute atomic E-state index is 13.3. The van der Waals surface area contributed by atoms with Gasteiger partial charge in [-0.05, 0) is 66.4 Å². The number of likely N-dealkylation sites (tertiary alicyclic amines) is 1. The molecule has 0 saturated carbocycles. The molecule has 1 unspecified atom stereocenters. The van der Waals surface area contributed by atoms with Gasteiger partial charge >= 0.3 is 0 Å². The van der Waals surface area contributed by atoms with E-state index in [1.807, 2.05) is 44.2 Å². The van der Waals surface area contributed by atoms with Gasteiger partial charge in [0.05, 0.1) is 24.8 Å². The monoisotopic (exact) mass is 486 g/mol. The van der Waals surface area contributed by atoms with Crippen molar-refractivity contribution in [3.05, 3.63) is 95.3 Å². The van der Waals surface area contributed by atoms with Crippen molar-refractivity contribution in [2.24, 2.45) is 0 Å². The van der Waals surface area contributed by atoms with Gasteiger partial charge in [0.1, 0.15) is 17.3 Å². The summed E-state index contributed by atoms with van der Waals surface area (Å²) >= 11 is 0. The van der Waals surface area contributed by atoms with Crippen LogP contribution in [0.2, 0.25) is 0 Å². The molecule has 2 aromatic carbocycles. The summed E-state index contributed by atoms with van der Waals surface area (Å²) in [5, 5.41) is 11.3. The molecule has 1 atom stereocenters. The minimum Gasteiger partial charge on any atom is -0.507 e.